The van der Waals surface area contributed by atoms with Gasteiger partial charge < -0.3 is 55.7 Å². The number of Topliss-reactive ketones (excluding diaryl/α,β-unsaturated/α-hetero) is 3. The Morgan fingerprint density at radius 1 is 0.760 bits per heavy atom. The van der Waals surface area contributed by atoms with Gasteiger partial charge in [0.15, 0.2) is 11.6 Å². The summed E-state index contributed by atoms with van der Waals surface area (Å²) in [4.78, 5) is 155. The minimum atomic E-state index is -0.966. The maximum absolute atomic E-state index is 14.9. The number of amides is 9. The number of imide groups is 1. The lowest BCUT2D eigenvalue weighted by Crippen LogP contribution is -2.54. The molecule has 6 N–H and O–H groups in total. The number of primary amides is 1. The maximum Gasteiger partial charge on any atom is 0.410 e. The Labute approximate surface area is 573 Å². The van der Waals surface area contributed by atoms with Gasteiger partial charge in [0.25, 0.3) is 0 Å². The molecule has 0 saturated carbocycles. The molecule has 0 bridgehead atoms. The molecule has 96 heavy (non-hydrogen) atoms. The van der Waals surface area contributed by atoms with Crippen molar-refractivity contribution in [1.82, 2.24) is 30.2 Å². The molecule has 536 valence electrons. The number of carbonyl (C=O) groups excluding carboxylic acids is 11. The zero-order chi connectivity index (χ0) is 71.7. The molecule has 2 unspecified atom stereocenters. The van der Waals surface area contributed by atoms with E-state index in [0.717, 1.165) is 5.56 Å². The van der Waals surface area contributed by atoms with Crippen molar-refractivity contribution in [2.75, 3.05) is 59.5 Å². The standard InChI is InChI=1S/C72H112N8O15S/c1-16-46(8)65(58(93-13)40-61(85)79-36-24-28-54(79)67(94-14)48(10)55(81)37-47(9)66(87)50-25-19-17-20-26-50)77(11)69(89)53(43(2)3)39-57(83)64(45(6)7)78(12)72(92)95-42-49-30-32-52(33-31-49)75-68(88)51(27-23-34-74-71(73)91)38-56(82)63(44(4)5)76-60(84)29-21-18-22-35-80-62(86)41-59(96-15)70(80)90/h17,19-20,25-26,30-33,43-48,51,53-54,58-59,63-67,87H,16,18,21-24,27-29,34-42H2,1-15H3,(H,75,88)(H,76,84)(H3,73,74,91)/t46-,47-,48-,51+,53?,54-,58+,59?,63-,64-,65-,66+,67+/m0/s1. The number of ketones is 3. The van der Waals surface area contributed by atoms with Crippen molar-refractivity contribution in [2.24, 2.45) is 53.1 Å². The molecule has 24 heteroatoms. The van der Waals surface area contributed by atoms with Gasteiger partial charge in [0.2, 0.25) is 35.4 Å². The molecule has 2 aliphatic rings. The summed E-state index contributed by atoms with van der Waals surface area (Å²) in [6.07, 6.45) is 3.01. The first-order chi connectivity index (χ1) is 45.4. The summed E-state index contributed by atoms with van der Waals surface area (Å²) >= 11 is 1.35. The second kappa shape index (κ2) is 40.2. The van der Waals surface area contributed by atoms with Gasteiger partial charge >= 0.3 is 12.1 Å². The lowest BCUT2D eigenvalue weighted by molar-refractivity contribution is -0.149. The molecule has 4 rings (SSSR count). The Morgan fingerprint density at radius 3 is 2.00 bits per heavy atom. The van der Waals surface area contributed by atoms with Gasteiger partial charge in [-0.2, -0.15) is 11.8 Å². The number of methoxy groups -OCH3 is 2. The summed E-state index contributed by atoms with van der Waals surface area (Å²) in [5, 5.41) is 18.9. The molecule has 2 aromatic rings. The van der Waals surface area contributed by atoms with Crippen molar-refractivity contribution < 1.29 is 72.1 Å². The Morgan fingerprint density at radius 2 is 1.43 bits per heavy atom. The zero-order valence-electron chi connectivity index (χ0n) is 59.6. The number of urea groups is 1. The van der Waals surface area contributed by atoms with E-state index in [1.54, 1.807) is 68.3 Å². The number of thioether (sulfide) groups is 1. The number of anilines is 1. The number of hydrogen-bond donors (Lipinski definition) is 5. The van der Waals surface area contributed by atoms with E-state index in [1.165, 1.54) is 35.7 Å². The second-order valence-corrected chi connectivity index (χ2v) is 28.4. The number of benzene rings is 2. The topological polar surface area (TPSA) is 311 Å². The van der Waals surface area contributed by atoms with Gasteiger partial charge in [-0.15, -0.1) is 0 Å². The average Bonchev–Trinajstić information content (AvgIpc) is 1.42. The number of aliphatic hydroxyl groups excluding tert-OH is 1. The van der Waals surface area contributed by atoms with E-state index in [9.17, 15) is 57.8 Å². The third-order valence-electron chi connectivity index (χ3n) is 19.3. The van der Waals surface area contributed by atoms with Crippen molar-refractivity contribution in [2.45, 2.75) is 213 Å². The first-order valence-corrected chi connectivity index (χ1v) is 35.6. The highest BCUT2D eigenvalue weighted by Gasteiger charge is 2.44. The minimum Gasteiger partial charge on any atom is -0.445 e. The summed E-state index contributed by atoms with van der Waals surface area (Å²) in [5.41, 5.74) is 6.96. The number of carbonyl (C=O) groups is 11. The molecule has 2 aromatic carbocycles. The molecule has 2 saturated heterocycles. The highest BCUT2D eigenvalue weighted by atomic mass is 32.2. The first kappa shape index (κ1) is 81.7. The lowest BCUT2D eigenvalue weighted by Gasteiger charge is -2.41. The number of likely N-dealkylation sites (N-methyl/N-ethyl adjacent to an activating group) is 2. The van der Waals surface area contributed by atoms with E-state index < -0.39 is 72.2 Å². The molecular formula is C72H112N8O15S. The monoisotopic (exact) mass is 1360 g/mol. The molecule has 9 amide bonds. The Balaban J connectivity index is 1.37. The van der Waals surface area contributed by atoms with Crippen molar-refractivity contribution in [3.05, 3.63) is 65.7 Å². The van der Waals surface area contributed by atoms with E-state index in [-0.39, 0.29) is 146 Å². The van der Waals surface area contributed by atoms with Gasteiger partial charge in [0.05, 0.1) is 54.2 Å². The summed E-state index contributed by atoms with van der Waals surface area (Å²) in [6, 6.07) is 12.2. The highest BCUT2D eigenvalue weighted by Crippen LogP contribution is 2.34. The SMILES string of the molecule is CC[C@H](C)[C@@H]([C@@H](CC(=O)N1CCC[C@H]1[C@H](OC)[C@@H](C)C(=O)C[C@H](C)[C@@H](O)c1ccccc1)OC)N(C)C(=O)C(CC(=O)[C@H](C(C)C)N(C)C(=O)OCc1ccc(NC(=O)[C@H](CCCNC(N)=O)CC(=O)[C@@H](NC(=O)CCCCCN2C(=O)CC(SC)C2=O)C(C)C)cc1)C(C)C. The van der Waals surface area contributed by atoms with Crippen LogP contribution in [-0.2, 0) is 64.0 Å². The van der Waals surface area contributed by atoms with Crippen LogP contribution in [0.5, 0.6) is 0 Å². The maximum atomic E-state index is 14.9. The van der Waals surface area contributed by atoms with Crippen LogP contribution in [0.2, 0.25) is 0 Å². The number of nitrogens with one attached hydrogen (secondary N) is 3. The molecule has 2 heterocycles. The van der Waals surface area contributed by atoms with E-state index in [0.29, 0.717) is 69.3 Å². The van der Waals surface area contributed by atoms with Crippen molar-refractivity contribution >= 4 is 82.4 Å². The molecule has 2 aliphatic heterocycles. The number of rotatable bonds is 42. The summed E-state index contributed by atoms with van der Waals surface area (Å²) in [5.74, 6) is -6.12. The molecular weight excluding hydrogens is 1250 g/mol. The molecule has 2 fully saturated rings. The molecule has 0 spiro atoms. The van der Waals surface area contributed by atoms with Gasteiger partial charge in [-0.1, -0.05) is 125 Å². The third-order valence-corrected chi connectivity index (χ3v) is 20.2. The van der Waals surface area contributed by atoms with Crippen LogP contribution < -0.4 is 21.7 Å². The fourth-order valence-electron chi connectivity index (χ4n) is 13.4. The zero-order valence-corrected chi connectivity index (χ0v) is 60.4. The number of likely N-dealkylation sites (tertiary alicyclic amines) is 2. The van der Waals surface area contributed by atoms with Crippen LogP contribution >= 0.6 is 11.8 Å². The van der Waals surface area contributed by atoms with Crippen LogP contribution in [0.3, 0.4) is 0 Å². The number of unbranched alkanes of at least 4 members (excludes halogenated alkanes) is 2. The largest absolute Gasteiger partial charge is 0.445 e. The van der Waals surface area contributed by atoms with Crippen LogP contribution in [-0.4, -0.2) is 185 Å². The Kier molecular flexibility index (Phi) is 34.2. The van der Waals surface area contributed by atoms with Gasteiger partial charge in [-0.05, 0) is 97.6 Å². The van der Waals surface area contributed by atoms with E-state index in [2.05, 4.69) is 16.0 Å². The number of hydrogen-bond acceptors (Lipinski definition) is 16. The second-order valence-electron chi connectivity index (χ2n) is 27.4. The lowest BCUT2D eigenvalue weighted by atomic mass is 9.83. The fourth-order valence-corrected chi connectivity index (χ4v) is 14.0. The number of ether oxygens (including phenoxy) is 3. The Hall–Kier alpha value is -6.76. The normalized spacial score (nSPS) is 18.4. The number of nitrogens with two attached hydrogens (primary N) is 1. The van der Waals surface area contributed by atoms with Gasteiger partial charge in [-0.25, -0.2) is 9.59 Å². The van der Waals surface area contributed by atoms with Gasteiger partial charge in [0.1, 0.15) is 12.4 Å². The van der Waals surface area contributed by atoms with Crippen molar-refractivity contribution in [1.29, 1.82) is 0 Å². The van der Waals surface area contributed by atoms with Crippen LogP contribution in [0.25, 0.3) is 0 Å². The highest BCUT2D eigenvalue weighted by molar-refractivity contribution is 8.00. The first-order valence-electron chi connectivity index (χ1n) is 34.3. The quantitative estimate of drug-likeness (QED) is 0.0306. The van der Waals surface area contributed by atoms with Gasteiger partial charge in [0, 0.05) is 103 Å². The van der Waals surface area contributed by atoms with E-state index in [4.69, 9.17) is 19.9 Å². The average molecular weight is 1360 g/mol. The molecule has 23 nitrogen and oxygen atoms in total. The number of nitrogens with zero attached hydrogens (tertiary/aromatic N) is 4. The molecule has 0 aliphatic carbocycles. The summed E-state index contributed by atoms with van der Waals surface area (Å²) in [6.45, 7) is 19.3. The summed E-state index contributed by atoms with van der Waals surface area (Å²) in [7, 11) is 6.24. The predicted molar refractivity (Wildman–Crippen MR) is 370 cm³/mol. The van der Waals surface area contributed by atoms with Crippen LogP contribution in [0, 0.1) is 47.3 Å². The number of aliphatic hydroxyl groups is 1. The molecule has 13 atom stereocenters. The van der Waals surface area contributed by atoms with Crippen LogP contribution in [0.1, 0.15) is 176 Å². The van der Waals surface area contributed by atoms with Crippen LogP contribution in [0.15, 0.2) is 54.6 Å². The fraction of sp³-hybridized carbons (Fsp3) is 0.681. The van der Waals surface area contributed by atoms with E-state index in [1.807, 2.05) is 85.7 Å². The van der Waals surface area contributed by atoms with Gasteiger partial charge in [-0.3, -0.25) is 48.1 Å². The molecule has 0 radical (unpaired) electrons. The van der Waals surface area contributed by atoms with E-state index >= 15 is 0 Å². The summed E-state index contributed by atoms with van der Waals surface area (Å²) < 4.78 is 17.9. The van der Waals surface area contributed by atoms with Crippen molar-refractivity contribution in [3.8, 4) is 0 Å². The Bertz CT molecular complexity index is 2900. The predicted octanol–water partition coefficient (Wildman–Crippen LogP) is 8.91. The van der Waals surface area contributed by atoms with Crippen molar-refractivity contribution in [3.63, 3.8) is 0 Å². The smallest absolute Gasteiger partial charge is 0.410 e. The third kappa shape index (κ3) is 23.8. The van der Waals surface area contributed by atoms with Crippen LogP contribution in [0.4, 0.5) is 15.3 Å². The minimum absolute atomic E-state index is 0.0537. The molecule has 0 aromatic heterocycles.